The van der Waals surface area contributed by atoms with E-state index in [1.807, 2.05) is 0 Å². The Morgan fingerprint density at radius 2 is 2.00 bits per heavy atom. The summed E-state index contributed by atoms with van der Waals surface area (Å²) in [5.74, 6) is 0.114. The predicted molar refractivity (Wildman–Crippen MR) is 100 cm³/mol. The number of aromatic nitrogens is 2. The summed E-state index contributed by atoms with van der Waals surface area (Å²) < 4.78 is 6.03. The lowest BCUT2D eigenvalue weighted by molar-refractivity contribution is -0.133. The van der Waals surface area contributed by atoms with Crippen LogP contribution in [0.3, 0.4) is 0 Å². The molecule has 3 rings (SSSR count). The van der Waals surface area contributed by atoms with Gasteiger partial charge in [-0.05, 0) is 18.9 Å². The number of ether oxygens (including phenoxy) is 1. The van der Waals surface area contributed by atoms with Gasteiger partial charge in [0, 0.05) is 19.2 Å². The van der Waals surface area contributed by atoms with E-state index >= 15 is 0 Å². The molecule has 0 aliphatic heterocycles. The number of H-pyrrole nitrogens is 1. The smallest absolute Gasteiger partial charge is 0.329 e. The largest absolute Gasteiger partial charge is 0.495 e. The zero-order chi connectivity index (χ0) is 18.8. The van der Waals surface area contributed by atoms with Gasteiger partial charge in [0.2, 0.25) is 5.91 Å². The lowest BCUT2D eigenvalue weighted by Gasteiger charge is -2.31. The van der Waals surface area contributed by atoms with Gasteiger partial charge in [0.1, 0.15) is 12.3 Å². The highest BCUT2D eigenvalue weighted by molar-refractivity contribution is 6.32. The van der Waals surface area contributed by atoms with Crippen LogP contribution in [-0.2, 0) is 11.3 Å². The average Bonchev–Trinajstić information content (AvgIpc) is 2.65. The molecule has 1 aliphatic carbocycles. The molecule has 0 atom stereocenters. The molecule has 8 heteroatoms. The van der Waals surface area contributed by atoms with Crippen LogP contribution >= 0.6 is 11.6 Å². The Hall–Kier alpha value is -2.28. The Morgan fingerprint density at radius 1 is 1.31 bits per heavy atom. The fourth-order valence-electron chi connectivity index (χ4n) is 3.47. The van der Waals surface area contributed by atoms with Crippen molar-refractivity contribution in [3.05, 3.63) is 38.0 Å². The molecule has 1 amide bonds. The number of nitrogens with one attached hydrogen (secondary N) is 1. The van der Waals surface area contributed by atoms with Crippen LogP contribution in [0, 0.1) is 0 Å². The molecule has 1 saturated carbocycles. The normalized spacial score (nSPS) is 15.2. The molecule has 7 nitrogen and oxygen atoms in total. The van der Waals surface area contributed by atoms with E-state index in [0.717, 1.165) is 30.3 Å². The number of likely N-dealkylation sites (N-methyl/N-ethyl adjacent to an activating group) is 1. The number of rotatable bonds is 4. The van der Waals surface area contributed by atoms with Gasteiger partial charge >= 0.3 is 5.69 Å². The summed E-state index contributed by atoms with van der Waals surface area (Å²) in [5, 5.41) is 0.505. The van der Waals surface area contributed by atoms with Crippen molar-refractivity contribution in [2.45, 2.75) is 44.7 Å². The Balaban J connectivity index is 1.93. The number of methoxy groups -OCH3 is 1. The topological polar surface area (TPSA) is 84.4 Å². The van der Waals surface area contributed by atoms with E-state index in [4.69, 9.17) is 16.3 Å². The van der Waals surface area contributed by atoms with Gasteiger partial charge in [-0.25, -0.2) is 4.79 Å². The first kappa shape index (κ1) is 18.5. The summed E-state index contributed by atoms with van der Waals surface area (Å²) in [4.78, 5) is 41.9. The van der Waals surface area contributed by atoms with Crippen molar-refractivity contribution in [1.82, 2.24) is 14.5 Å². The van der Waals surface area contributed by atoms with Crippen molar-refractivity contribution >= 4 is 28.4 Å². The minimum Gasteiger partial charge on any atom is -0.495 e. The van der Waals surface area contributed by atoms with E-state index in [1.165, 1.54) is 25.7 Å². The minimum absolute atomic E-state index is 0.171. The number of carbonyl (C=O) groups is 1. The van der Waals surface area contributed by atoms with Crippen LogP contribution in [-0.4, -0.2) is 40.6 Å². The van der Waals surface area contributed by atoms with Gasteiger partial charge in [0.25, 0.3) is 5.56 Å². The molecule has 1 aromatic heterocycles. The fraction of sp³-hybridized carbons (Fsp3) is 0.500. The summed E-state index contributed by atoms with van der Waals surface area (Å²) in [6, 6.07) is 3.12. The SMILES string of the molecule is COc1cc2[nH]c(=O)n(CC(=O)N(C)C3CCCCC3)c(=O)c2cc1Cl. The van der Waals surface area contributed by atoms with E-state index in [-0.39, 0.29) is 28.9 Å². The Morgan fingerprint density at radius 3 is 2.65 bits per heavy atom. The third kappa shape index (κ3) is 3.49. The van der Waals surface area contributed by atoms with Crippen LogP contribution in [0.25, 0.3) is 10.9 Å². The summed E-state index contributed by atoms with van der Waals surface area (Å²) >= 11 is 6.08. The summed E-state index contributed by atoms with van der Waals surface area (Å²) in [5.41, 5.74) is -0.846. The average molecular weight is 380 g/mol. The van der Waals surface area contributed by atoms with Crippen molar-refractivity contribution in [2.75, 3.05) is 14.2 Å². The summed E-state index contributed by atoms with van der Waals surface area (Å²) in [6.45, 7) is -0.291. The number of aromatic amines is 1. The van der Waals surface area contributed by atoms with Crippen LogP contribution in [0.15, 0.2) is 21.7 Å². The van der Waals surface area contributed by atoms with Crippen molar-refractivity contribution in [3.63, 3.8) is 0 Å². The second-order valence-corrected chi connectivity index (χ2v) is 7.06. The molecule has 26 heavy (non-hydrogen) atoms. The van der Waals surface area contributed by atoms with E-state index < -0.39 is 11.2 Å². The monoisotopic (exact) mass is 379 g/mol. The predicted octanol–water partition coefficient (Wildman–Crippen LogP) is 2.14. The number of benzene rings is 1. The number of amides is 1. The van der Waals surface area contributed by atoms with Gasteiger partial charge in [-0.15, -0.1) is 0 Å². The van der Waals surface area contributed by atoms with Crippen LogP contribution in [0.1, 0.15) is 32.1 Å². The van der Waals surface area contributed by atoms with Crippen LogP contribution in [0.4, 0.5) is 0 Å². The maximum absolute atomic E-state index is 12.7. The quantitative estimate of drug-likeness (QED) is 0.882. The number of carbonyl (C=O) groups excluding carboxylic acids is 1. The number of hydrogen-bond acceptors (Lipinski definition) is 4. The molecule has 0 saturated heterocycles. The van der Waals surface area contributed by atoms with E-state index in [0.29, 0.717) is 11.3 Å². The molecule has 1 N–H and O–H groups in total. The van der Waals surface area contributed by atoms with Crippen LogP contribution in [0.2, 0.25) is 5.02 Å². The lowest BCUT2D eigenvalue weighted by Crippen LogP contribution is -2.44. The summed E-state index contributed by atoms with van der Waals surface area (Å²) in [6.07, 6.45) is 5.30. The van der Waals surface area contributed by atoms with Gasteiger partial charge in [0.05, 0.1) is 23.0 Å². The van der Waals surface area contributed by atoms with Crippen LogP contribution in [0.5, 0.6) is 5.75 Å². The van der Waals surface area contributed by atoms with Gasteiger partial charge in [-0.1, -0.05) is 30.9 Å². The first-order chi connectivity index (χ1) is 12.4. The van der Waals surface area contributed by atoms with Gasteiger partial charge in [-0.2, -0.15) is 0 Å². The Labute approximate surface area is 155 Å². The second kappa shape index (κ2) is 7.53. The molecule has 0 bridgehead atoms. The molecule has 0 unspecified atom stereocenters. The molecule has 1 heterocycles. The third-order valence-corrected chi connectivity index (χ3v) is 5.36. The molecule has 1 aliphatic rings. The van der Waals surface area contributed by atoms with Crippen molar-refractivity contribution in [2.24, 2.45) is 0 Å². The van der Waals surface area contributed by atoms with Crippen LogP contribution < -0.4 is 16.0 Å². The standard InChI is InChI=1S/C18H22ClN3O4/c1-21(11-6-4-3-5-7-11)16(23)10-22-17(24)12-8-13(19)15(26-2)9-14(12)20-18(22)25/h8-9,11H,3-7,10H2,1-2H3,(H,20,25). The van der Waals surface area contributed by atoms with Gasteiger partial charge < -0.3 is 14.6 Å². The molecule has 1 fully saturated rings. The first-order valence-corrected chi connectivity index (χ1v) is 9.06. The van der Waals surface area contributed by atoms with Crippen molar-refractivity contribution in [1.29, 1.82) is 0 Å². The summed E-state index contributed by atoms with van der Waals surface area (Å²) in [7, 11) is 3.19. The fourth-order valence-corrected chi connectivity index (χ4v) is 3.71. The highest BCUT2D eigenvalue weighted by Gasteiger charge is 2.23. The zero-order valence-corrected chi connectivity index (χ0v) is 15.6. The first-order valence-electron chi connectivity index (χ1n) is 8.68. The minimum atomic E-state index is -0.628. The number of halogens is 1. The van der Waals surface area contributed by atoms with E-state index in [2.05, 4.69) is 4.98 Å². The van der Waals surface area contributed by atoms with Gasteiger partial charge in [0.15, 0.2) is 0 Å². The van der Waals surface area contributed by atoms with E-state index in [9.17, 15) is 14.4 Å². The van der Waals surface area contributed by atoms with E-state index in [1.54, 1.807) is 11.9 Å². The Kier molecular flexibility index (Phi) is 5.36. The Bertz CT molecular complexity index is 944. The molecule has 0 spiro atoms. The molecule has 140 valence electrons. The van der Waals surface area contributed by atoms with Crippen molar-refractivity contribution < 1.29 is 9.53 Å². The number of fused-ring (bicyclic) bond motifs is 1. The highest BCUT2D eigenvalue weighted by atomic mass is 35.5. The number of hydrogen-bond donors (Lipinski definition) is 1. The maximum Gasteiger partial charge on any atom is 0.329 e. The highest BCUT2D eigenvalue weighted by Crippen LogP contribution is 2.27. The molecule has 2 aromatic rings. The zero-order valence-electron chi connectivity index (χ0n) is 14.9. The number of nitrogens with zero attached hydrogens (tertiary/aromatic N) is 2. The molecule has 0 radical (unpaired) electrons. The van der Waals surface area contributed by atoms with Gasteiger partial charge in [-0.3, -0.25) is 14.2 Å². The molecular formula is C18H22ClN3O4. The van der Waals surface area contributed by atoms with Crippen molar-refractivity contribution in [3.8, 4) is 5.75 Å². The third-order valence-electron chi connectivity index (χ3n) is 5.06. The molecular weight excluding hydrogens is 358 g/mol. The lowest BCUT2D eigenvalue weighted by atomic mass is 9.94. The molecule has 1 aromatic carbocycles. The maximum atomic E-state index is 12.7. The second-order valence-electron chi connectivity index (χ2n) is 6.65.